The molecule has 0 bridgehead atoms. The third kappa shape index (κ3) is 2.67. The lowest BCUT2D eigenvalue weighted by Gasteiger charge is -1.99. The van der Waals surface area contributed by atoms with E-state index in [9.17, 15) is 4.79 Å². The Labute approximate surface area is 150 Å². The molecule has 0 saturated heterocycles. The molecular weight excluding hydrogens is 330 g/mol. The second-order valence-corrected chi connectivity index (χ2v) is 6.20. The van der Waals surface area contributed by atoms with E-state index < -0.39 is 0 Å². The van der Waals surface area contributed by atoms with E-state index >= 15 is 0 Å². The molecule has 2 heterocycles. The molecule has 130 valence electrons. The third-order valence-corrected chi connectivity index (χ3v) is 4.45. The van der Waals surface area contributed by atoms with Gasteiger partial charge in [0, 0.05) is 17.0 Å². The van der Waals surface area contributed by atoms with Crippen LogP contribution in [0.4, 0.5) is 0 Å². The van der Waals surface area contributed by atoms with Crippen LogP contribution in [-0.2, 0) is 4.74 Å². The van der Waals surface area contributed by atoms with Crippen molar-refractivity contribution in [2.75, 3.05) is 7.11 Å². The predicted molar refractivity (Wildman–Crippen MR) is 98.0 cm³/mol. The Kier molecular flexibility index (Phi) is 3.84. The second-order valence-electron chi connectivity index (χ2n) is 6.20. The maximum absolute atomic E-state index is 11.5. The summed E-state index contributed by atoms with van der Waals surface area (Å²) in [7, 11) is 1.36. The van der Waals surface area contributed by atoms with Crippen LogP contribution in [0.2, 0.25) is 0 Å². The minimum absolute atomic E-state index is 0.370. The first kappa shape index (κ1) is 16.1. The average Bonchev–Trinajstić information content (AvgIpc) is 3.32. The van der Waals surface area contributed by atoms with E-state index in [2.05, 4.69) is 18.1 Å². The molecule has 0 unspecified atom stereocenters. The molecule has 0 saturated carbocycles. The maximum Gasteiger partial charge on any atom is 0.337 e. The second kappa shape index (κ2) is 6.19. The first-order chi connectivity index (χ1) is 12.6. The molecule has 0 aliphatic rings. The number of methoxy groups -OCH3 is 1. The Morgan fingerprint density at radius 3 is 2.38 bits per heavy atom. The lowest BCUT2D eigenvalue weighted by Crippen LogP contribution is -2.00. The van der Waals surface area contributed by atoms with Crippen molar-refractivity contribution in [2.24, 2.45) is 0 Å². The summed E-state index contributed by atoms with van der Waals surface area (Å²) in [4.78, 5) is 11.5. The van der Waals surface area contributed by atoms with Gasteiger partial charge in [-0.25, -0.2) is 4.79 Å². The highest BCUT2D eigenvalue weighted by atomic mass is 16.5. The van der Waals surface area contributed by atoms with Crippen LogP contribution in [0.3, 0.4) is 0 Å². The van der Waals surface area contributed by atoms with Crippen molar-refractivity contribution in [3.8, 4) is 22.8 Å². The highest BCUT2D eigenvalue weighted by Gasteiger charge is 2.15. The zero-order valence-electron chi connectivity index (χ0n) is 14.7. The third-order valence-electron chi connectivity index (χ3n) is 4.45. The Morgan fingerprint density at radius 2 is 1.69 bits per heavy atom. The summed E-state index contributed by atoms with van der Waals surface area (Å²) in [5, 5.41) is 5.19. The molecule has 5 nitrogen and oxygen atoms in total. The fraction of sp³-hybridized carbons (Fsp3) is 0.143. The fourth-order valence-electron chi connectivity index (χ4n) is 2.94. The first-order valence-electron chi connectivity index (χ1n) is 8.22. The zero-order valence-corrected chi connectivity index (χ0v) is 14.7. The Morgan fingerprint density at radius 1 is 0.962 bits per heavy atom. The number of esters is 1. The van der Waals surface area contributed by atoms with Crippen molar-refractivity contribution < 1.29 is 18.5 Å². The van der Waals surface area contributed by atoms with Gasteiger partial charge in [-0.2, -0.15) is 0 Å². The van der Waals surface area contributed by atoms with Crippen LogP contribution in [0.25, 0.3) is 33.7 Å². The highest BCUT2D eigenvalue weighted by molar-refractivity contribution is 5.90. The quantitative estimate of drug-likeness (QED) is 0.479. The molecule has 0 amide bonds. The maximum atomic E-state index is 11.5. The van der Waals surface area contributed by atoms with Gasteiger partial charge in [0.25, 0.3) is 0 Å². The molecule has 4 aromatic rings. The van der Waals surface area contributed by atoms with Gasteiger partial charge in [0.05, 0.1) is 12.7 Å². The number of furan rings is 1. The van der Waals surface area contributed by atoms with Crippen LogP contribution in [-0.4, -0.2) is 18.2 Å². The van der Waals surface area contributed by atoms with E-state index in [1.165, 1.54) is 7.11 Å². The van der Waals surface area contributed by atoms with E-state index in [1.54, 1.807) is 24.3 Å². The summed E-state index contributed by atoms with van der Waals surface area (Å²) < 4.78 is 16.2. The van der Waals surface area contributed by atoms with Crippen molar-refractivity contribution in [1.29, 1.82) is 0 Å². The highest BCUT2D eigenvalue weighted by Crippen LogP contribution is 2.33. The molecule has 0 fully saturated rings. The molecule has 0 aliphatic heterocycles. The Bertz CT molecular complexity index is 1060. The number of carbonyl (C=O) groups excluding carboxylic acids is 1. The summed E-state index contributed by atoms with van der Waals surface area (Å²) >= 11 is 0. The molecule has 0 aliphatic carbocycles. The van der Waals surface area contributed by atoms with Gasteiger partial charge in [-0.3, -0.25) is 0 Å². The number of aromatic nitrogens is 1. The van der Waals surface area contributed by atoms with Crippen molar-refractivity contribution in [3.63, 3.8) is 0 Å². The molecule has 0 N–H and O–H groups in total. The molecule has 4 rings (SSSR count). The molecule has 0 spiro atoms. The number of carbonyl (C=O) groups is 1. The van der Waals surface area contributed by atoms with Gasteiger partial charge in [0.15, 0.2) is 5.76 Å². The molecule has 2 aromatic carbocycles. The van der Waals surface area contributed by atoms with E-state index in [0.29, 0.717) is 22.8 Å². The lowest BCUT2D eigenvalue weighted by atomic mass is 10.1. The zero-order chi connectivity index (χ0) is 18.3. The molecule has 5 heteroatoms. The number of aryl methyl sites for hydroxylation is 2. The molecule has 26 heavy (non-hydrogen) atoms. The van der Waals surface area contributed by atoms with E-state index in [1.807, 2.05) is 25.1 Å². The lowest BCUT2D eigenvalue weighted by molar-refractivity contribution is 0.0601. The van der Waals surface area contributed by atoms with Crippen LogP contribution >= 0.6 is 0 Å². The van der Waals surface area contributed by atoms with Crippen molar-refractivity contribution >= 4 is 16.9 Å². The van der Waals surface area contributed by atoms with Gasteiger partial charge in [-0.05, 0) is 43.2 Å². The minimum atomic E-state index is -0.370. The molecule has 2 aromatic heterocycles. The Balaban J connectivity index is 1.69. The molecular formula is C21H17NO4. The smallest absolute Gasteiger partial charge is 0.337 e. The summed E-state index contributed by atoms with van der Waals surface area (Å²) in [5.74, 6) is 0.833. The molecule has 0 radical (unpaired) electrons. The summed E-state index contributed by atoms with van der Waals surface area (Å²) in [5.41, 5.74) is 5.10. The topological polar surface area (TPSA) is 65.5 Å². The number of nitrogens with zero attached hydrogens (tertiary/aromatic N) is 1. The van der Waals surface area contributed by atoms with E-state index in [4.69, 9.17) is 13.7 Å². The number of hydrogen-bond donors (Lipinski definition) is 0. The first-order valence-corrected chi connectivity index (χ1v) is 8.22. The number of rotatable bonds is 3. The minimum Gasteiger partial charge on any atom is -0.465 e. The van der Waals surface area contributed by atoms with Crippen LogP contribution in [0.1, 0.15) is 21.5 Å². The number of benzene rings is 2. The predicted octanol–water partition coefficient (Wildman–Crippen LogP) is 5.16. The van der Waals surface area contributed by atoms with Gasteiger partial charge in [0.1, 0.15) is 11.3 Å². The average molecular weight is 347 g/mol. The summed E-state index contributed by atoms with van der Waals surface area (Å²) in [6.07, 6.45) is 0. The number of fused-ring (bicyclic) bond motifs is 1. The van der Waals surface area contributed by atoms with Crippen LogP contribution in [0.5, 0.6) is 0 Å². The van der Waals surface area contributed by atoms with Gasteiger partial charge in [-0.15, -0.1) is 0 Å². The van der Waals surface area contributed by atoms with E-state index in [0.717, 1.165) is 27.7 Å². The van der Waals surface area contributed by atoms with Crippen LogP contribution in [0.15, 0.2) is 57.5 Å². The largest absolute Gasteiger partial charge is 0.465 e. The van der Waals surface area contributed by atoms with Gasteiger partial charge < -0.3 is 13.7 Å². The normalized spacial score (nSPS) is 11.0. The Hall–Kier alpha value is -3.34. The summed E-state index contributed by atoms with van der Waals surface area (Å²) in [6, 6.07) is 14.9. The van der Waals surface area contributed by atoms with Gasteiger partial charge in [0.2, 0.25) is 5.76 Å². The van der Waals surface area contributed by atoms with Crippen molar-refractivity contribution in [1.82, 2.24) is 5.16 Å². The number of ether oxygens (including phenoxy) is 1. The monoisotopic (exact) mass is 347 g/mol. The SMILES string of the molecule is COC(=O)c1ccc(-c2cc(-c3cc4c(C)ccc(C)c4o3)on2)cc1. The van der Waals surface area contributed by atoms with Crippen LogP contribution in [0, 0.1) is 13.8 Å². The van der Waals surface area contributed by atoms with Gasteiger partial charge >= 0.3 is 5.97 Å². The van der Waals surface area contributed by atoms with E-state index in [-0.39, 0.29) is 5.97 Å². The molecule has 0 atom stereocenters. The van der Waals surface area contributed by atoms with Gasteiger partial charge in [-0.1, -0.05) is 29.4 Å². The summed E-state index contributed by atoms with van der Waals surface area (Å²) in [6.45, 7) is 4.07. The number of hydrogen-bond acceptors (Lipinski definition) is 5. The van der Waals surface area contributed by atoms with Crippen LogP contribution < -0.4 is 0 Å². The van der Waals surface area contributed by atoms with Crippen molar-refractivity contribution in [3.05, 3.63) is 65.2 Å². The standard InChI is InChI=1S/C21H17NO4/c1-12-4-5-13(2)20-16(12)10-18(25-20)19-11-17(22-26-19)14-6-8-15(9-7-14)21(23)24-3/h4-11H,1-3H3. The fourth-order valence-corrected chi connectivity index (χ4v) is 2.94. The van der Waals surface area contributed by atoms with Crippen molar-refractivity contribution in [2.45, 2.75) is 13.8 Å².